The topological polar surface area (TPSA) is 115 Å². The van der Waals surface area contributed by atoms with Crippen LogP contribution in [0.4, 0.5) is 0 Å². The van der Waals surface area contributed by atoms with Crippen LogP contribution in [0.5, 0.6) is 0 Å². The highest BCUT2D eigenvalue weighted by molar-refractivity contribution is 7.88. The van der Waals surface area contributed by atoms with E-state index in [1.165, 1.54) is 4.31 Å². The second kappa shape index (κ2) is 5.80. The number of sulfonamides is 1. The minimum absolute atomic E-state index is 0.0399. The van der Waals surface area contributed by atoms with Crippen LogP contribution in [-0.2, 0) is 25.0 Å². The molecular formula is C10H19N3O6S2. The quantitative estimate of drug-likeness (QED) is 0.655. The number of carbonyl (C=O) groups is 1. The molecule has 0 aromatic carbocycles. The van der Waals surface area contributed by atoms with Gasteiger partial charge >= 0.3 is 5.97 Å². The Labute approximate surface area is 124 Å². The van der Waals surface area contributed by atoms with Gasteiger partial charge in [0.15, 0.2) is 0 Å². The first-order chi connectivity index (χ1) is 9.64. The van der Waals surface area contributed by atoms with E-state index in [4.69, 9.17) is 5.11 Å². The molecule has 0 saturated carbocycles. The first-order valence-electron chi connectivity index (χ1n) is 6.59. The predicted molar refractivity (Wildman–Crippen MR) is 74.3 cm³/mol. The Balaban J connectivity index is 2.10. The third kappa shape index (κ3) is 3.37. The van der Waals surface area contributed by atoms with Gasteiger partial charge in [-0.25, -0.2) is 8.42 Å². The van der Waals surface area contributed by atoms with E-state index in [1.807, 2.05) is 0 Å². The van der Waals surface area contributed by atoms with Crippen LogP contribution in [0, 0.1) is 0 Å². The highest BCUT2D eigenvalue weighted by Gasteiger charge is 2.42. The van der Waals surface area contributed by atoms with Crippen molar-refractivity contribution < 1.29 is 26.7 Å². The summed E-state index contributed by atoms with van der Waals surface area (Å²) in [4.78, 5) is 11.1. The Hall–Kier alpha value is -0.750. The molecule has 11 heteroatoms. The van der Waals surface area contributed by atoms with E-state index in [2.05, 4.69) is 0 Å². The van der Waals surface area contributed by atoms with Crippen molar-refractivity contribution in [1.82, 2.24) is 12.9 Å². The van der Waals surface area contributed by atoms with Gasteiger partial charge < -0.3 is 5.11 Å². The Morgan fingerprint density at radius 3 is 2.00 bits per heavy atom. The number of carboxylic acids is 1. The van der Waals surface area contributed by atoms with E-state index in [-0.39, 0.29) is 32.7 Å². The minimum Gasteiger partial charge on any atom is -0.480 e. The van der Waals surface area contributed by atoms with Gasteiger partial charge in [-0.3, -0.25) is 4.79 Å². The molecule has 2 aliphatic heterocycles. The zero-order valence-electron chi connectivity index (χ0n) is 11.7. The van der Waals surface area contributed by atoms with E-state index in [0.29, 0.717) is 12.8 Å². The molecule has 0 aromatic rings. The molecule has 0 aliphatic carbocycles. The molecule has 0 spiro atoms. The molecule has 2 aliphatic rings. The van der Waals surface area contributed by atoms with Crippen molar-refractivity contribution in [2.24, 2.45) is 0 Å². The molecule has 2 saturated heterocycles. The maximum Gasteiger partial charge on any atom is 0.322 e. The number of nitrogens with zero attached hydrogens (tertiary/aromatic N) is 3. The molecular weight excluding hydrogens is 322 g/mol. The SMILES string of the molecule is CS(=O)(=O)N1CCN(S(=O)(=O)N2CCC[C@H]2C(=O)O)CC1. The van der Waals surface area contributed by atoms with Crippen molar-refractivity contribution in [2.75, 3.05) is 39.0 Å². The maximum absolute atomic E-state index is 12.5. The molecule has 2 heterocycles. The van der Waals surface area contributed by atoms with Gasteiger partial charge in [-0.15, -0.1) is 0 Å². The summed E-state index contributed by atoms with van der Waals surface area (Å²) in [5.74, 6) is -1.15. The number of rotatable bonds is 4. The number of hydrogen-bond donors (Lipinski definition) is 1. The van der Waals surface area contributed by atoms with Crippen molar-refractivity contribution in [3.63, 3.8) is 0 Å². The van der Waals surface area contributed by atoms with Gasteiger partial charge in [0, 0.05) is 32.7 Å². The summed E-state index contributed by atoms with van der Waals surface area (Å²) < 4.78 is 51.2. The smallest absolute Gasteiger partial charge is 0.322 e. The monoisotopic (exact) mass is 341 g/mol. The highest BCUT2D eigenvalue weighted by Crippen LogP contribution is 2.24. The van der Waals surface area contributed by atoms with Crippen LogP contribution < -0.4 is 0 Å². The zero-order chi connectivity index (χ0) is 15.8. The third-order valence-electron chi connectivity index (χ3n) is 3.78. The van der Waals surface area contributed by atoms with E-state index in [9.17, 15) is 21.6 Å². The first-order valence-corrected chi connectivity index (χ1v) is 9.83. The Morgan fingerprint density at radius 2 is 1.52 bits per heavy atom. The largest absolute Gasteiger partial charge is 0.480 e. The lowest BCUT2D eigenvalue weighted by atomic mass is 10.2. The molecule has 2 fully saturated rings. The van der Waals surface area contributed by atoms with Gasteiger partial charge in [0.2, 0.25) is 10.0 Å². The highest BCUT2D eigenvalue weighted by atomic mass is 32.2. The van der Waals surface area contributed by atoms with Crippen molar-refractivity contribution in [3.05, 3.63) is 0 Å². The molecule has 9 nitrogen and oxygen atoms in total. The summed E-state index contributed by atoms with van der Waals surface area (Å²) in [7, 11) is -7.19. The average molecular weight is 341 g/mol. The number of aliphatic carboxylic acids is 1. The molecule has 1 atom stereocenters. The summed E-state index contributed by atoms with van der Waals surface area (Å²) >= 11 is 0. The van der Waals surface area contributed by atoms with E-state index < -0.39 is 32.2 Å². The van der Waals surface area contributed by atoms with Gasteiger partial charge in [0.05, 0.1) is 6.26 Å². The van der Waals surface area contributed by atoms with Crippen molar-refractivity contribution >= 4 is 26.2 Å². The Kier molecular flexibility index (Phi) is 4.59. The van der Waals surface area contributed by atoms with E-state index >= 15 is 0 Å². The second-order valence-electron chi connectivity index (χ2n) is 5.18. The lowest BCUT2D eigenvalue weighted by Gasteiger charge is -2.35. The fourth-order valence-electron chi connectivity index (χ4n) is 2.64. The fourth-order valence-corrected chi connectivity index (χ4v) is 5.27. The van der Waals surface area contributed by atoms with Crippen molar-refractivity contribution in [1.29, 1.82) is 0 Å². The summed E-state index contributed by atoms with van der Waals surface area (Å²) in [6.45, 7) is 0.440. The van der Waals surface area contributed by atoms with Gasteiger partial charge in [0.25, 0.3) is 10.2 Å². The first kappa shape index (κ1) is 16.6. The molecule has 1 N–H and O–H groups in total. The van der Waals surface area contributed by atoms with Gasteiger partial charge in [0.1, 0.15) is 6.04 Å². The van der Waals surface area contributed by atoms with Crippen molar-refractivity contribution in [3.8, 4) is 0 Å². The summed E-state index contributed by atoms with van der Waals surface area (Å²) in [6, 6.07) is -1.03. The third-order valence-corrected chi connectivity index (χ3v) is 7.13. The van der Waals surface area contributed by atoms with Crippen LogP contribution >= 0.6 is 0 Å². The second-order valence-corrected chi connectivity index (χ2v) is 9.04. The lowest BCUT2D eigenvalue weighted by Crippen LogP contribution is -2.55. The molecule has 0 bridgehead atoms. The molecule has 21 heavy (non-hydrogen) atoms. The van der Waals surface area contributed by atoms with Gasteiger partial charge in [-0.2, -0.15) is 21.3 Å². The normalized spacial score (nSPS) is 27.0. The number of hydrogen-bond acceptors (Lipinski definition) is 5. The number of carboxylic acid groups (broad SMARTS) is 1. The van der Waals surface area contributed by atoms with Crippen molar-refractivity contribution in [2.45, 2.75) is 18.9 Å². The van der Waals surface area contributed by atoms with Gasteiger partial charge in [-0.05, 0) is 12.8 Å². The minimum atomic E-state index is -3.86. The predicted octanol–water partition coefficient (Wildman–Crippen LogP) is -1.64. The lowest BCUT2D eigenvalue weighted by molar-refractivity contribution is -0.140. The number of piperazine rings is 1. The van der Waals surface area contributed by atoms with E-state index in [1.54, 1.807) is 0 Å². The van der Waals surface area contributed by atoms with Crippen LogP contribution in [0.15, 0.2) is 0 Å². The molecule has 0 unspecified atom stereocenters. The fraction of sp³-hybridized carbons (Fsp3) is 0.900. The zero-order valence-corrected chi connectivity index (χ0v) is 13.3. The standard InChI is InChI=1S/C10H19N3O6S2/c1-20(16,17)11-5-7-12(8-6-11)21(18,19)13-4-2-3-9(13)10(14)15/h9H,2-8H2,1H3,(H,14,15)/t9-/m0/s1. The van der Waals surface area contributed by atoms with E-state index in [0.717, 1.165) is 14.9 Å². The molecule has 0 aromatic heterocycles. The van der Waals surface area contributed by atoms with Crippen LogP contribution in [-0.4, -0.2) is 85.8 Å². The van der Waals surface area contributed by atoms with Crippen LogP contribution in [0.1, 0.15) is 12.8 Å². The average Bonchev–Trinajstić information content (AvgIpc) is 2.88. The summed E-state index contributed by atoms with van der Waals surface area (Å²) in [5.41, 5.74) is 0. The maximum atomic E-state index is 12.5. The summed E-state index contributed by atoms with van der Waals surface area (Å²) in [6.07, 6.45) is 1.90. The molecule has 0 radical (unpaired) electrons. The Bertz CT molecular complexity index is 609. The van der Waals surface area contributed by atoms with Crippen LogP contribution in [0.25, 0.3) is 0 Å². The summed E-state index contributed by atoms with van der Waals surface area (Å²) in [5, 5.41) is 9.08. The van der Waals surface area contributed by atoms with Crippen LogP contribution in [0.2, 0.25) is 0 Å². The van der Waals surface area contributed by atoms with Crippen LogP contribution in [0.3, 0.4) is 0 Å². The van der Waals surface area contributed by atoms with Gasteiger partial charge in [-0.1, -0.05) is 0 Å². The molecule has 2 rings (SSSR count). The molecule has 0 amide bonds. The molecule has 122 valence electrons. The Morgan fingerprint density at radius 1 is 1.00 bits per heavy atom.